The Morgan fingerprint density at radius 3 is 2.77 bits per heavy atom. The Bertz CT molecular complexity index is 1180. The summed E-state index contributed by atoms with van der Waals surface area (Å²) in [7, 11) is -3.86. The van der Waals surface area contributed by atoms with Gasteiger partial charge in [-0.2, -0.15) is 5.26 Å². The molecule has 156 valence electrons. The number of hydrogen-bond donors (Lipinski definition) is 2. The molecule has 0 bridgehead atoms. The number of rotatable bonds is 6. The Labute approximate surface area is 175 Å². The van der Waals surface area contributed by atoms with E-state index in [1.807, 2.05) is 12.1 Å². The molecule has 0 saturated heterocycles. The van der Waals surface area contributed by atoms with Gasteiger partial charge in [0.25, 0.3) is 10.0 Å². The third-order valence-electron chi connectivity index (χ3n) is 5.45. The van der Waals surface area contributed by atoms with E-state index < -0.39 is 10.0 Å². The van der Waals surface area contributed by atoms with Crippen molar-refractivity contribution >= 4 is 32.4 Å². The molecule has 2 heterocycles. The molecule has 3 aromatic rings. The number of pyridine rings is 1. The molecular weight excluding hydrogens is 402 g/mol. The van der Waals surface area contributed by atoms with E-state index in [2.05, 4.69) is 9.97 Å². The van der Waals surface area contributed by atoms with E-state index in [0.717, 1.165) is 5.39 Å². The van der Waals surface area contributed by atoms with Crippen LogP contribution in [0.25, 0.3) is 11.0 Å². The molecule has 0 radical (unpaired) electrons. The average Bonchev–Trinajstić information content (AvgIpc) is 3.23. The zero-order valence-electron chi connectivity index (χ0n) is 16.4. The minimum Gasteiger partial charge on any atom is -0.399 e. The van der Waals surface area contributed by atoms with Crippen LogP contribution in [-0.2, 0) is 14.8 Å². The summed E-state index contributed by atoms with van der Waals surface area (Å²) in [5.41, 5.74) is 7.48. The highest BCUT2D eigenvalue weighted by Crippen LogP contribution is 2.36. The molecule has 4 rings (SSSR count). The summed E-state index contributed by atoms with van der Waals surface area (Å²) in [4.78, 5) is 7.50. The molecule has 2 aromatic heterocycles. The van der Waals surface area contributed by atoms with Gasteiger partial charge in [-0.15, -0.1) is 0 Å². The van der Waals surface area contributed by atoms with Crippen LogP contribution in [0.2, 0.25) is 0 Å². The number of aromatic amines is 1. The van der Waals surface area contributed by atoms with Crippen molar-refractivity contribution in [3.8, 4) is 6.07 Å². The van der Waals surface area contributed by atoms with Crippen LogP contribution in [-0.4, -0.2) is 37.1 Å². The van der Waals surface area contributed by atoms with E-state index in [4.69, 9.17) is 15.7 Å². The lowest BCUT2D eigenvalue weighted by molar-refractivity contribution is 0.0456. The van der Waals surface area contributed by atoms with Crippen molar-refractivity contribution < 1.29 is 13.2 Å². The summed E-state index contributed by atoms with van der Waals surface area (Å²) in [6.07, 6.45) is 5.98. The Kier molecular flexibility index (Phi) is 5.61. The van der Waals surface area contributed by atoms with E-state index in [1.165, 1.54) is 10.4 Å². The first kappa shape index (κ1) is 20.2. The number of ether oxygens (including phenoxy) is 1. The van der Waals surface area contributed by atoms with Crippen molar-refractivity contribution in [1.82, 2.24) is 9.97 Å². The molecule has 9 heteroatoms. The second-order valence-electron chi connectivity index (χ2n) is 7.34. The fourth-order valence-corrected chi connectivity index (χ4v) is 5.84. The summed E-state index contributed by atoms with van der Waals surface area (Å²) in [6, 6.07) is 11.7. The maximum Gasteiger partial charge on any atom is 0.264 e. The summed E-state index contributed by atoms with van der Waals surface area (Å²) < 4.78 is 34.6. The molecule has 30 heavy (non-hydrogen) atoms. The number of benzene rings is 1. The first-order valence-corrected chi connectivity index (χ1v) is 11.3. The number of H-pyrrole nitrogens is 1. The first-order valence-electron chi connectivity index (χ1n) is 9.81. The normalized spacial score (nSPS) is 19.4. The van der Waals surface area contributed by atoms with Gasteiger partial charge < -0.3 is 15.5 Å². The van der Waals surface area contributed by atoms with Crippen LogP contribution in [0.4, 0.5) is 11.4 Å². The van der Waals surface area contributed by atoms with Gasteiger partial charge in [-0.05, 0) is 56.0 Å². The van der Waals surface area contributed by atoms with Crippen LogP contribution < -0.4 is 10.0 Å². The Balaban J connectivity index is 1.75. The van der Waals surface area contributed by atoms with Crippen LogP contribution in [0, 0.1) is 11.3 Å². The quantitative estimate of drug-likeness (QED) is 0.584. The molecule has 1 fully saturated rings. The third kappa shape index (κ3) is 3.84. The third-order valence-corrected chi connectivity index (χ3v) is 7.31. The van der Waals surface area contributed by atoms with Gasteiger partial charge >= 0.3 is 0 Å². The number of anilines is 2. The number of nitrogens with one attached hydrogen (secondary N) is 1. The molecule has 0 atom stereocenters. The topological polar surface area (TPSA) is 125 Å². The van der Waals surface area contributed by atoms with Crippen LogP contribution in [0.3, 0.4) is 0 Å². The van der Waals surface area contributed by atoms with E-state index in [0.29, 0.717) is 42.7 Å². The molecule has 1 saturated carbocycles. The number of sulfonamides is 1. The lowest BCUT2D eigenvalue weighted by Gasteiger charge is -2.37. The predicted octanol–water partition coefficient (Wildman–Crippen LogP) is 3.19. The van der Waals surface area contributed by atoms with E-state index in [-0.39, 0.29) is 23.6 Å². The molecule has 0 amide bonds. The molecule has 1 aromatic carbocycles. The van der Waals surface area contributed by atoms with Gasteiger partial charge in [0.05, 0.1) is 22.8 Å². The van der Waals surface area contributed by atoms with Gasteiger partial charge in [-0.1, -0.05) is 6.07 Å². The Hall–Kier alpha value is -3.09. The predicted molar refractivity (Wildman–Crippen MR) is 114 cm³/mol. The summed E-state index contributed by atoms with van der Waals surface area (Å²) in [5.74, 6) is 0. The van der Waals surface area contributed by atoms with Crippen LogP contribution >= 0.6 is 0 Å². The second-order valence-corrected chi connectivity index (χ2v) is 9.16. The van der Waals surface area contributed by atoms with Crippen molar-refractivity contribution in [2.75, 3.05) is 16.6 Å². The number of nitrogens with zero attached hydrogens (tertiary/aromatic N) is 3. The minimum absolute atomic E-state index is 0.0254. The molecular formula is C21H23N5O3S. The van der Waals surface area contributed by atoms with E-state index in [1.54, 1.807) is 36.7 Å². The summed E-state index contributed by atoms with van der Waals surface area (Å²) in [6.45, 7) is 0.0506. The van der Waals surface area contributed by atoms with Gasteiger partial charge in [-0.25, -0.2) is 13.4 Å². The number of hydrogen-bond acceptors (Lipinski definition) is 6. The van der Waals surface area contributed by atoms with Gasteiger partial charge in [-0.3, -0.25) is 4.31 Å². The van der Waals surface area contributed by atoms with Crippen LogP contribution in [0.1, 0.15) is 25.7 Å². The minimum atomic E-state index is -3.86. The SMILES string of the molecule is N#CCOC1CCC(N(c2ccnc3[nH]ccc23)S(=O)(=O)c2cccc(N)c2)CC1. The highest BCUT2D eigenvalue weighted by atomic mass is 32.2. The van der Waals surface area contributed by atoms with Gasteiger partial charge in [0.2, 0.25) is 0 Å². The number of nitriles is 1. The molecule has 1 aliphatic carbocycles. The number of fused-ring (bicyclic) bond motifs is 1. The Morgan fingerprint density at radius 1 is 1.23 bits per heavy atom. The molecule has 0 unspecified atom stereocenters. The maximum atomic E-state index is 13.8. The zero-order valence-corrected chi connectivity index (χ0v) is 17.2. The number of aromatic nitrogens is 2. The van der Waals surface area contributed by atoms with E-state index >= 15 is 0 Å². The van der Waals surface area contributed by atoms with Crippen LogP contribution in [0.15, 0.2) is 53.7 Å². The van der Waals surface area contributed by atoms with Gasteiger partial charge in [0, 0.05) is 29.5 Å². The highest BCUT2D eigenvalue weighted by Gasteiger charge is 2.36. The lowest BCUT2D eigenvalue weighted by atomic mass is 9.92. The average molecular weight is 426 g/mol. The maximum absolute atomic E-state index is 13.8. The van der Waals surface area contributed by atoms with E-state index in [9.17, 15) is 8.42 Å². The second kappa shape index (κ2) is 8.34. The van der Waals surface area contributed by atoms with Crippen molar-refractivity contribution in [1.29, 1.82) is 5.26 Å². The Morgan fingerprint density at radius 2 is 2.03 bits per heavy atom. The molecule has 8 nitrogen and oxygen atoms in total. The van der Waals surface area contributed by atoms with Crippen molar-refractivity contribution in [3.05, 3.63) is 48.8 Å². The molecule has 0 spiro atoms. The van der Waals surface area contributed by atoms with Gasteiger partial charge in [0.1, 0.15) is 12.3 Å². The van der Waals surface area contributed by atoms with Crippen LogP contribution in [0.5, 0.6) is 0 Å². The summed E-state index contributed by atoms with van der Waals surface area (Å²) in [5, 5.41) is 9.48. The number of nitrogens with two attached hydrogens (primary N) is 1. The summed E-state index contributed by atoms with van der Waals surface area (Å²) >= 11 is 0. The largest absolute Gasteiger partial charge is 0.399 e. The highest BCUT2D eigenvalue weighted by molar-refractivity contribution is 7.92. The smallest absolute Gasteiger partial charge is 0.264 e. The zero-order chi connectivity index (χ0) is 21.1. The molecule has 3 N–H and O–H groups in total. The molecule has 1 aliphatic rings. The fourth-order valence-electron chi connectivity index (χ4n) is 4.05. The van der Waals surface area contributed by atoms with Gasteiger partial charge in [0.15, 0.2) is 0 Å². The monoisotopic (exact) mass is 425 g/mol. The van der Waals surface area contributed by atoms with Crippen molar-refractivity contribution in [2.24, 2.45) is 0 Å². The fraction of sp³-hybridized carbons (Fsp3) is 0.333. The first-order chi connectivity index (χ1) is 14.5. The standard InChI is InChI=1S/C21H23N5O3S/c22-10-13-29-17-6-4-16(5-7-17)26(20-9-12-25-21-19(20)8-11-24-21)30(27,28)18-3-1-2-15(23)14-18/h1-3,8-9,11-12,14,16-17H,4-7,13,23H2,(H,24,25). The van der Waals surface area contributed by atoms with Crippen molar-refractivity contribution in [3.63, 3.8) is 0 Å². The van der Waals surface area contributed by atoms with Crippen molar-refractivity contribution in [2.45, 2.75) is 42.7 Å². The lowest BCUT2D eigenvalue weighted by Crippen LogP contribution is -2.43. The number of nitrogen functional groups attached to an aromatic ring is 1. The molecule has 0 aliphatic heterocycles.